The highest BCUT2D eigenvalue weighted by atomic mass is 16.5. The van der Waals surface area contributed by atoms with E-state index in [9.17, 15) is 15.0 Å². The number of nitrogens with zero attached hydrogens (tertiary/aromatic N) is 2. The minimum absolute atomic E-state index is 0.0372. The molecule has 0 spiro atoms. The molecule has 0 aromatic heterocycles. The number of rotatable bonds is 10. The van der Waals surface area contributed by atoms with Gasteiger partial charge in [-0.25, -0.2) is 4.79 Å². The number of carbonyl (C=O) groups excluding carboxylic acids is 1. The number of esters is 1. The first-order valence-electron chi connectivity index (χ1n) is 7.90. The molecule has 0 saturated carbocycles. The van der Waals surface area contributed by atoms with Crippen LogP contribution in [0.25, 0.3) is 0 Å². The van der Waals surface area contributed by atoms with Crippen molar-refractivity contribution < 1.29 is 9.53 Å². The Balaban J connectivity index is 5.24. The summed E-state index contributed by atoms with van der Waals surface area (Å²) in [5.74, 6) is -0.374. The Kier molecular flexibility index (Phi) is 10.3. The molecular weight excluding hydrogens is 294 g/mol. The molecule has 0 aromatic carbocycles. The molecule has 1 unspecified atom stereocenters. The van der Waals surface area contributed by atoms with E-state index in [1.165, 1.54) is 0 Å². The van der Waals surface area contributed by atoms with Crippen LogP contribution in [-0.2, 0) is 9.53 Å². The molecule has 0 fully saturated rings. The summed E-state index contributed by atoms with van der Waals surface area (Å²) in [6, 6.07) is 1.61. The molecule has 6 heteroatoms. The first-order chi connectivity index (χ1) is 10.8. The molecule has 0 aliphatic carbocycles. The standard InChI is InChI=1S/C17H27N3O3/c1-6-7-15(8-13(4)19-10-14(5)20-22)16(9-18)17(21)23-11-12(2)3/h8,12,14,19H,6-7,10-11H2,1-5H3/b13-8+,16-15-. The number of hydrogen-bond acceptors (Lipinski definition) is 6. The van der Waals surface area contributed by atoms with E-state index in [1.54, 1.807) is 13.0 Å². The van der Waals surface area contributed by atoms with E-state index in [-0.39, 0.29) is 24.1 Å². The lowest BCUT2D eigenvalue weighted by molar-refractivity contribution is -0.139. The largest absolute Gasteiger partial charge is 0.461 e. The molecule has 1 atom stereocenters. The van der Waals surface area contributed by atoms with Gasteiger partial charge in [0.25, 0.3) is 0 Å². The second kappa shape index (κ2) is 11.4. The van der Waals surface area contributed by atoms with Crippen LogP contribution in [-0.4, -0.2) is 25.2 Å². The Morgan fingerprint density at radius 3 is 2.52 bits per heavy atom. The maximum absolute atomic E-state index is 12.1. The fraction of sp³-hybridized carbons (Fsp3) is 0.647. The number of carbonyl (C=O) groups is 1. The van der Waals surface area contributed by atoms with Crippen molar-refractivity contribution in [3.8, 4) is 6.07 Å². The van der Waals surface area contributed by atoms with Gasteiger partial charge in [-0.3, -0.25) is 0 Å². The number of nitroso groups, excluding NO2 is 1. The van der Waals surface area contributed by atoms with Gasteiger partial charge in [0.2, 0.25) is 0 Å². The van der Waals surface area contributed by atoms with Crippen LogP contribution in [0.2, 0.25) is 0 Å². The van der Waals surface area contributed by atoms with Gasteiger partial charge in [-0.05, 0) is 37.8 Å². The summed E-state index contributed by atoms with van der Waals surface area (Å²) in [5.41, 5.74) is 1.45. The van der Waals surface area contributed by atoms with Crippen LogP contribution in [0.15, 0.2) is 28.1 Å². The van der Waals surface area contributed by atoms with E-state index in [1.807, 2.05) is 33.8 Å². The smallest absolute Gasteiger partial charge is 0.349 e. The fourth-order valence-corrected chi connectivity index (χ4v) is 1.76. The van der Waals surface area contributed by atoms with Gasteiger partial charge in [0.05, 0.1) is 6.61 Å². The molecule has 0 saturated heterocycles. The first-order valence-corrected chi connectivity index (χ1v) is 7.90. The second-order valence-electron chi connectivity index (χ2n) is 5.92. The van der Waals surface area contributed by atoms with Crippen molar-refractivity contribution in [1.82, 2.24) is 5.32 Å². The van der Waals surface area contributed by atoms with Crippen molar-refractivity contribution in [1.29, 1.82) is 5.26 Å². The predicted octanol–water partition coefficient (Wildman–Crippen LogP) is 3.45. The highest BCUT2D eigenvalue weighted by molar-refractivity contribution is 5.94. The Labute approximate surface area is 138 Å². The lowest BCUT2D eigenvalue weighted by Gasteiger charge is -2.11. The molecule has 128 valence electrons. The first kappa shape index (κ1) is 20.8. The van der Waals surface area contributed by atoms with Gasteiger partial charge >= 0.3 is 5.97 Å². The normalized spacial score (nSPS) is 13.9. The van der Waals surface area contributed by atoms with Crippen LogP contribution in [0.5, 0.6) is 0 Å². The number of hydrogen-bond donors (Lipinski definition) is 1. The van der Waals surface area contributed by atoms with Crippen molar-refractivity contribution in [2.24, 2.45) is 11.1 Å². The molecule has 1 N–H and O–H groups in total. The summed E-state index contributed by atoms with van der Waals surface area (Å²) in [5, 5.41) is 15.3. The molecule has 0 radical (unpaired) electrons. The van der Waals surface area contributed by atoms with Crippen molar-refractivity contribution >= 4 is 5.97 Å². The van der Waals surface area contributed by atoms with E-state index in [0.717, 1.165) is 12.1 Å². The quantitative estimate of drug-likeness (QED) is 0.219. The van der Waals surface area contributed by atoms with E-state index < -0.39 is 5.97 Å². The average Bonchev–Trinajstić information content (AvgIpc) is 2.51. The predicted molar refractivity (Wildman–Crippen MR) is 90.4 cm³/mol. The van der Waals surface area contributed by atoms with Crippen molar-refractivity contribution in [2.75, 3.05) is 13.2 Å². The highest BCUT2D eigenvalue weighted by Crippen LogP contribution is 2.16. The molecule has 0 aliphatic rings. The zero-order chi connectivity index (χ0) is 17.8. The number of ether oxygens (including phenoxy) is 1. The van der Waals surface area contributed by atoms with Gasteiger partial charge in [0.1, 0.15) is 17.7 Å². The Hall–Kier alpha value is -2.16. The van der Waals surface area contributed by atoms with Crippen LogP contribution >= 0.6 is 0 Å². The van der Waals surface area contributed by atoms with Gasteiger partial charge in [-0.15, -0.1) is 0 Å². The van der Waals surface area contributed by atoms with E-state index in [2.05, 4.69) is 10.5 Å². The monoisotopic (exact) mass is 321 g/mol. The van der Waals surface area contributed by atoms with Crippen molar-refractivity contribution in [3.05, 3.63) is 27.8 Å². The number of nitrogens with one attached hydrogen (secondary N) is 1. The van der Waals surface area contributed by atoms with Gasteiger partial charge < -0.3 is 10.1 Å². The summed E-state index contributed by atoms with van der Waals surface area (Å²) in [6.07, 6.45) is 3.16. The fourth-order valence-electron chi connectivity index (χ4n) is 1.76. The average molecular weight is 321 g/mol. The number of nitriles is 1. The molecule has 0 aromatic rings. The second-order valence-corrected chi connectivity index (χ2v) is 5.92. The maximum atomic E-state index is 12.1. The Morgan fingerprint density at radius 2 is 2.04 bits per heavy atom. The summed E-state index contributed by atoms with van der Waals surface area (Å²) in [6.45, 7) is 10.1. The van der Waals surface area contributed by atoms with Gasteiger partial charge in [0, 0.05) is 12.2 Å². The third-order valence-corrected chi connectivity index (χ3v) is 2.95. The minimum atomic E-state index is -0.586. The summed E-state index contributed by atoms with van der Waals surface area (Å²) in [7, 11) is 0. The molecule has 23 heavy (non-hydrogen) atoms. The van der Waals surface area contributed by atoms with E-state index >= 15 is 0 Å². The lowest BCUT2D eigenvalue weighted by atomic mass is 10.0. The van der Waals surface area contributed by atoms with Crippen LogP contribution in [0.3, 0.4) is 0 Å². The summed E-state index contributed by atoms with van der Waals surface area (Å²) >= 11 is 0. The van der Waals surface area contributed by atoms with Gasteiger partial charge in [0.15, 0.2) is 0 Å². The SMILES string of the molecule is CCCC(/C=C(\C)NCC(C)N=O)=C(\C#N)C(=O)OCC(C)C. The third-order valence-electron chi connectivity index (χ3n) is 2.95. The summed E-state index contributed by atoms with van der Waals surface area (Å²) < 4.78 is 5.16. The molecule has 0 heterocycles. The van der Waals surface area contributed by atoms with Crippen LogP contribution in [0.4, 0.5) is 0 Å². The summed E-state index contributed by atoms with van der Waals surface area (Å²) in [4.78, 5) is 22.5. The molecule has 6 nitrogen and oxygen atoms in total. The van der Waals surface area contributed by atoms with Crippen LogP contribution in [0.1, 0.15) is 47.5 Å². The maximum Gasteiger partial charge on any atom is 0.349 e. The van der Waals surface area contributed by atoms with Gasteiger partial charge in [-0.1, -0.05) is 32.4 Å². The molecule has 0 bridgehead atoms. The highest BCUT2D eigenvalue weighted by Gasteiger charge is 2.16. The topological polar surface area (TPSA) is 91.5 Å². The molecular formula is C17H27N3O3. The van der Waals surface area contributed by atoms with E-state index in [0.29, 0.717) is 18.5 Å². The molecule has 0 aliphatic heterocycles. The molecule has 0 rings (SSSR count). The van der Waals surface area contributed by atoms with Gasteiger partial charge in [-0.2, -0.15) is 10.2 Å². The van der Waals surface area contributed by atoms with Crippen LogP contribution < -0.4 is 5.32 Å². The lowest BCUT2D eigenvalue weighted by Crippen LogP contribution is -2.21. The van der Waals surface area contributed by atoms with Crippen LogP contribution in [0, 0.1) is 22.2 Å². The third kappa shape index (κ3) is 8.77. The minimum Gasteiger partial charge on any atom is -0.461 e. The zero-order valence-electron chi connectivity index (χ0n) is 14.7. The van der Waals surface area contributed by atoms with E-state index in [4.69, 9.17) is 4.74 Å². The van der Waals surface area contributed by atoms with Crippen molar-refractivity contribution in [3.63, 3.8) is 0 Å². The molecule has 0 amide bonds. The zero-order valence-corrected chi connectivity index (χ0v) is 14.7. The van der Waals surface area contributed by atoms with Crippen molar-refractivity contribution in [2.45, 2.75) is 53.5 Å². The number of allylic oxidation sites excluding steroid dienone is 3. The Morgan fingerprint density at radius 1 is 1.39 bits per heavy atom. The Bertz CT molecular complexity index is 502.